The third-order valence-corrected chi connectivity index (χ3v) is 4.81. The highest BCUT2D eigenvalue weighted by atomic mass is 16.7. The Morgan fingerprint density at radius 3 is 2.53 bits per heavy atom. The van der Waals surface area contributed by atoms with Crippen LogP contribution >= 0.6 is 0 Å². The van der Waals surface area contributed by atoms with Crippen LogP contribution in [0.5, 0.6) is 0 Å². The summed E-state index contributed by atoms with van der Waals surface area (Å²) in [7, 11) is 0. The SMILES string of the molecule is O=C1C=C[C@@]2(C[C@H](OC(=O)/C=C/c3ccc([N+](=O)[O-])cc3)[C@H](c3ccccc3)O2)O1. The molecular formula is C22H17NO7. The minimum absolute atomic E-state index is 0.0343. The van der Waals surface area contributed by atoms with E-state index >= 15 is 0 Å². The molecule has 2 heterocycles. The maximum absolute atomic E-state index is 12.4. The lowest BCUT2D eigenvalue weighted by Crippen LogP contribution is -2.27. The number of benzene rings is 2. The van der Waals surface area contributed by atoms with Crippen LogP contribution in [0.2, 0.25) is 0 Å². The van der Waals surface area contributed by atoms with Gasteiger partial charge in [-0.25, -0.2) is 9.59 Å². The molecule has 2 aliphatic rings. The topological polar surface area (TPSA) is 105 Å². The van der Waals surface area contributed by atoms with E-state index in [1.807, 2.05) is 30.3 Å². The smallest absolute Gasteiger partial charge is 0.333 e. The number of hydrogen-bond donors (Lipinski definition) is 0. The van der Waals surface area contributed by atoms with Crippen LogP contribution < -0.4 is 0 Å². The molecule has 2 aromatic rings. The molecule has 3 atom stereocenters. The van der Waals surface area contributed by atoms with Crippen LogP contribution in [-0.2, 0) is 23.8 Å². The van der Waals surface area contributed by atoms with Crippen LogP contribution in [0.4, 0.5) is 5.69 Å². The van der Waals surface area contributed by atoms with Gasteiger partial charge < -0.3 is 14.2 Å². The van der Waals surface area contributed by atoms with E-state index in [9.17, 15) is 19.7 Å². The van der Waals surface area contributed by atoms with Gasteiger partial charge in [0.2, 0.25) is 5.79 Å². The second-order valence-corrected chi connectivity index (χ2v) is 6.88. The lowest BCUT2D eigenvalue weighted by molar-refractivity contribution is -0.384. The fourth-order valence-corrected chi connectivity index (χ4v) is 3.42. The zero-order valence-electron chi connectivity index (χ0n) is 15.7. The molecule has 0 amide bonds. The lowest BCUT2D eigenvalue weighted by atomic mass is 10.0. The summed E-state index contributed by atoms with van der Waals surface area (Å²) in [6, 6.07) is 15.0. The van der Waals surface area contributed by atoms with E-state index in [-0.39, 0.29) is 12.1 Å². The van der Waals surface area contributed by atoms with Crippen molar-refractivity contribution < 1.29 is 28.7 Å². The number of hydrogen-bond acceptors (Lipinski definition) is 7. The molecule has 1 saturated heterocycles. The van der Waals surface area contributed by atoms with Gasteiger partial charge in [-0.05, 0) is 35.4 Å². The molecule has 8 heteroatoms. The number of rotatable bonds is 5. The molecule has 2 aliphatic heterocycles. The van der Waals surface area contributed by atoms with Gasteiger partial charge in [-0.3, -0.25) is 10.1 Å². The molecule has 1 spiro atoms. The molecule has 30 heavy (non-hydrogen) atoms. The molecular weight excluding hydrogens is 390 g/mol. The van der Waals surface area contributed by atoms with Crippen LogP contribution in [0.15, 0.2) is 72.8 Å². The van der Waals surface area contributed by atoms with Gasteiger partial charge in [0.05, 0.1) is 11.3 Å². The fourth-order valence-electron chi connectivity index (χ4n) is 3.42. The Bertz CT molecular complexity index is 1030. The van der Waals surface area contributed by atoms with E-state index in [0.717, 1.165) is 5.56 Å². The second kappa shape index (κ2) is 7.92. The fraction of sp³-hybridized carbons (Fsp3) is 0.182. The van der Waals surface area contributed by atoms with Crippen molar-refractivity contribution in [1.29, 1.82) is 0 Å². The summed E-state index contributed by atoms with van der Waals surface area (Å²) in [6.45, 7) is 0. The van der Waals surface area contributed by atoms with E-state index in [1.54, 1.807) is 0 Å². The van der Waals surface area contributed by atoms with Crippen molar-refractivity contribution >= 4 is 23.7 Å². The van der Waals surface area contributed by atoms with Crippen LogP contribution in [0.1, 0.15) is 23.7 Å². The molecule has 0 saturated carbocycles. The standard InChI is InChI=1S/C22H17NO7/c24-19(11-8-15-6-9-17(10-7-15)23(26)27)28-18-14-22(13-12-20(25)29-22)30-21(18)16-4-2-1-3-5-16/h1-13,18,21H,14H2/b11-8+/t18-,21-,22+/m0/s1. The van der Waals surface area contributed by atoms with Crippen LogP contribution in [0, 0.1) is 10.1 Å². The number of nitrogens with zero attached hydrogens (tertiary/aromatic N) is 1. The highest BCUT2D eigenvalue weighted by Crippen LogP contribution is 2.44. The zero-order chi connectivity index (χ0) is 21.1. The molecule has 1 fully saturated rings. The number of ether oxygens (including phenoxy) is 3. The monoisotopic (exact) mass is 407 g/mol. The number of nitro benzene ring substituents is 1. The molecule has 152 valence electrons. The van der Waals surface area contributed by atoms with E-state index in [1.165, 1.54) is 48.6 Å². The average molecular weight is 407 g/mol. The minimum atomic E-state index is -1.25. The van der Waals surface area contributed by atoms with E-state index in [4.69, 9.17) is 14.2 Å². The summed E-state index contributed by atoms with van der Waals surface area (Å²) in [5, 5.41) is 10.7. The molecule has 0 aliphatic carbocycles. The molecule has 0 aromatic heterocycles. The summed E-state index contributed by atoms with van der Waals surface area (Å²) in [4.78, 5) is 34.2. The Hall–Kier alpha value is -3.78. The summed E-state index contributed by atoms with van der Waals surface area (Å²) < 4.78 is 16.9. The first kappa shape index (κ1) is 19.5. The van der Waals surface area contributed by atoms with E-state index < -0.39 is 34.9 Å². The Balaban J connectivity index is 1.48. The normalized spacial score (nSPS) is 25.0. The maximum Gasteiger partial charge on any atom is 0.333 e. The van der Waals surface area contributed by atoms with Crippen LogP contribution in [0.3, 0.4) is 0 Å². The Labute approximate surface area is 171 Å². The van der Waals surface area contributed by atoms with Gasteiger partial charge in [0.1, 0.15) is 12.2 Å². The molecule has 0 bridgehead atoms. The van der Waals surface area contributed by atoms with Crippen molar-refractivity contribution in [3.8, 4) is 0 Å². The largest absolute Gasteiger partial charge is 0.456 e. The summed E-state index contributed by atoms with van der Waals surface area (Å²) in [6.07, 6.45) is 4.48. The second-order valence-electron chi connectivity index (χ2n) is 6.88. The Morgan fingerprint density at radius 1 is 1.17 bits per heavy atom. The number of carbonyl (C=O) groups is 2. The van der Waals surface area contributed by atoms with Gasteiger partial charge in [0, 0.05) is 24.3 Å². The number of esters is 2. The quantitative estimate of drug-likeness (QED) is 0.323. The van der Waals surface area contributed by atoms with Crippen molar-refractivity contribution in [2.75, 3.05) is 0 Å². The zero-order valence-corrected chi connectivity index (χ0v) is 15.7. The maximum atomic E-state index is 12.4. The lowest BCUT2D eigenvalue weighted by Gasteiger charge is -2.21. The Kier molecular flexibility index (Phi) is 5.16. The number of non-ortho nitro benzene ring substituents is 1. The van der Waals surface area contributed by atoms with E-state index in [0.29, 0.717) is 5.56 Å². The first-order valence-corrected chi connectivity index (χ1v) is 9.22. The van der Waals surface area contributed by atoms with Gasteiger partial charge in [-0.2, -0.15) is 0 Å². The van der Waals surface area contributed by atoms with Crippen molar-refractivity contribution in [3.63, 3.8) is 0 Å². The molecule has 8 nitrogen and oxygen atoms in total. The summed E-state index contributed by atoms with van der Waals surface area (Å²) >= 11 is 0. The third-order valence-electron chi connectivity index (χ3n) is 4.81. The summed E-state index contributed by atoms with van der Waals surface area (Å²) in [5.41, 5.74) is 1.37. The van der Waals surface area contributed by atoms with E-state index in [2.05, 4.69) is 0 Å². The van der Waals surface area contributed by atoms with Crippen LogP contribution in [0.25, 0.3) is 6.08 Å². The van der Waals surface area contributed by atoms with Crippen molar-refractivity contribution in [2.24, 2.45) is 0 Å². The molecule has 0 N–H and O–H groups in total. The minimum Gasteiger partial charge on any atom is -0.456 e. The predicted molar refractivity (Wildman–Crippen MR) is 105 cm³/mol. The first-order chi connectivity index (χ1) is 14.4. The highest BCUT2D eigenvalue weighted by molar-refractivity contribution is 5.87. The van der Waals surface area contributed by atoms with Crippen LogP contribution in [-0.4, -0.2) is 28.8 Å². The van der Waals surface area contributed by atoms with Gasteiger partial charge in [0.25, 0.3) is 5.69 Å². The van der Waals surface area contributed by atoms with Gasteiger partial charge >= 0.3 is 11.9 Å². The molecule has 0 radical (unpaired) electrons. The number of nitro groups is 1. The van der Waals surface area contributed by atoms with Gasteiger partial charge in [-0.15, -0.1) is 0 Å². The molecule has 4 rings (SSSR count). The summed E-state index contributed by atoms with van der Waals surface area (Å²) in [5.74, 6) is -2.36. The predicted octanol–water partition coefficient (Wildman–Crippen LogP) is 3.49. The van der Waals surface area contributed by atoms with Gasteiger partial charge in [0.15, 0.2) is 0 Å². The van der Waals surface area contributed by atoms with Crippen molar-refractivity contribution in [2.45, 2.75) is 24.4 Å². The Morgan fingerprint density at radius 2 is 1.90 bits per heavy atom. The third kappa shape index (κ3) is 4.13. The number of carbonyl (C=O) groups excluding carboxylic acids is 2. The average Bonchev–Trinajstić information content (AvgIpc) is 3.29. The molecule has 0 unspecified atom stereocenters. The van der Waals surface area contributed by atoms with Gasteiger partial charge in [-0.1, -0.05) is 30.3 Å². The molecule has 2 aromatic carbocycles. The van der Waals surface area contributed by atoms with Crippen molar-refractivity contribution in [1.82, 2.24) is 0 Å². The van der Waals surface area contributed by atoms with Crippen molar-refractivity contribution in [3.05, 3.63) is 94.1 Å². The highest BCUT2D eigenvalue weighted by Gasteiger charge is 2.52. The first-order valence-electron chi connectivity index (χ1n) is 9.22.